The van der Waals surface area contributed by atoms with Crippen LogP contribution in [0.1, 0.15) is 38.2 Å². The van der Waals surface area contributed by atoms with E-state index in [0.29, 0.717) is 0 Å². The van der Waals surface area contributed by atoms with E-state index in [0.717, 1.165) is 10.9 Å². The van der Waals surface area contributed by atoms with Gasteiger partial charge < -0.3 is 0 Å². The Morgan fingerprint density at radius 1 is 1.08 bits per heavy atom. The summed E-state index contributed by atoms with van der Waals surface area (Å²) in [5.41, 5.74) is 7.14. The highest BCUT2D eigenvalue weighted by Crippen LogP contribution is 2.59. The van der Waals surface area contributed by atoms with Crippen LogP contribution in [0.25, 0.3) is 10.9 Å². The molecule has 0 unspecified atom stereocenters. The molecule has 5 nitrogen and oxygen atoms in total. The molecule has 0 radical (unpaired) electrons. The number of carbonyl (C=O) groups excluding carboxylic acids is 2. The number of para-hydroxylation sites is 1. The van der Waals surface area contributed by atoms with Crippen molar-refractivity contribution in [3.8, 4) is 0 Å². The first-order chi connectivity index (χ1) is 11.8. The number of pyridine rings is 1. The highest BCUT2D eigenvalue weighted by molar-refractivity contribution is 5.96. The van der Waals surface area contributed by atoms with Crippen LogP contribution in [0, 0.1) is 17.3 Å². The van der Waals surface area contributed by atoms with Crippen molar-refractivity contribution >= 4 is 22.7 Å². The lowest BCUT2D eigenvalue weighted by Crippen LogP contribution is -2.43. The molecule has 25 heavy (non-hydrogen) atoms. The monoisotopic (exact) mass is 337 g/mol. The molecule has 2 aromatic rings. The van der Waals surface area contributed by atoms with Crippen molar-refractivity contribution in [2.45, 2.75) is 27.7 Å². The minimum atomic E-state index is -0.420. The molecule has 0 aliphatic heterocycles. The van der Waals surface area contributed by atoms with Crippen LogP contribution >= 0.6 is 0 Å². The molecule has 5 heteroatoms. The predicted molar refractivity (Wildman–Crippen MR) is 97.5 cm³/mol. The standard InChI is InChI=1S/C20H23N3O2/c1-12(2)11-14-17(20(14,3)4)19(25)23-22-18(24)16-10-9-13-7-5-6-8-15(13)21-16/h5-11,14,17H,1-4H3,(H,22,24)(H,23,25)/t14-,17-/m1/s1. The van der Waals surface area contributed by atoms with E-state index >= 15 is 0 Å². The molecule has 1 aromatic heterocycles. The second-order valence-corrected chi connectivity index (χ2v) is 7.40. The number of nitrogens with one attached hydrogen (secondary N) is 2. The van der Waals surface area contributed by atoms with E-state index in [1.807, 2.05) is 44.2 Å². The number of amides is 2. The van der Waals surface area contributed by atoms with Gasteiger partial charge in [-0.05, 0) is 37.3 Å². The number of allylic oxidation sites excluding steroid dienone is 2. The topological polar surface area (TPSA) is 71.1 Å². The van der Waals surface area contributed by atoms with Crippen LogP contribution in [0.4, 0.5) is 0 Å². The molecule has 130 valence electrons. The lowest BCUT2D eigenvalue weighted by atomic mass is 10.1. The van der Waals surface area contributed by atoms with Gasteiger partial charge in [0.2, 0.25) is 5.91 Å². The largest absolute Gasteiger partial charge is 0.288 e. The predicted octanol–water partition coefficient (Wildman–Crippen LogP) is 3.23. The van der Waals surface area contributed by atoms with Crippen molar-refractivity contribution in [1.82, 2.24) is 15.8 Å². The summed E-state index contributed by atoms with van der Waals surface area (Å²) >= 11 is 0. The number of hydrogen-bond donors (Lipinski definition) is 2. The normalized spacial score (nSPS) is 20.6. The fourth-order valence-electron chi connectivity index (χ4n) is 3.30. The van der Waals surface area contributed by atoms with Crippen LogP contribution in [0.3, 0.4) is 0 Å². The van der Waals surface area contributed by atoms with Crippen LogP contribution in [0.2, 0.25) is 0 Å². The van der Waals surface area contributed by atoms with Crippen LogP contribution in [-0.4, -0.2) is 16.8 Å². The number of hydrogen-bond acceptors (Lipinski definition) is 3. The minimum Gasteiger partial charge on any atom is -0.273 e. The van der Waals surface area contributed by atoms with Crippen molar-refractivity contribution < 1.29 is 9.59 Å². The molecule has 1 saturated carbocycles. The molecule has 0 spiro atoms. The third kappa shape index (κ3) is 3.40. The smallest absolute Gasteiger partial charge is 0.273 e. The van der Waals surface area contributed by atoms with Crippen molar-refractivity contribution in [1.29, 1.82) is 0 Å². The van der Waals surface area contributed by atoms with Crippen molar-refractivity contribution in [3.05, 3.63) is 53.7 Å². The second kappa shape index (κ2) is 6.31. The summed E-state index contributed by atoms with van der Waals surface area (Å²) in [6, 6.07) is 11.1. The van der Waals surface area contributed by atoms with Crippen molar-refractivity contribution in [2.24, 2.45) is 17.3 Å². The van der Waals surface area contributed by atoms with E-state index in [1.165, 1.54) is 5.57 Å². The van der Waals surface area contributed by atoms with Gasteiger partial charge in [-0.25, -0.2) is 4.98 Å². The zero-order chi connectivity index (χ0) is 18.2. The van der Waals surface area contributed by atoms with E-state index in [4.69, 9.17) is 0 Å². The molecule has 2 amide bonds. The van der Waals surface area contributed by atoms with E-state index in [-0.39, 0.29) is 28.9 Å². The van der Waals surface area contributed by atoms with Gasteiger partial charge in [0.05, 0.1) is 11.4 Å². The Bertz CT molecular complexity index is 866. The first-order valence-electron chi connectivity index (χ1n) is 8.41. The first-order valence-corrected chi connectivity index (χ1v) is 8.41. The Hall–Kier alpha value is -2.69. The number of rotatable bonds is 3. The van der Waals surface area contributed by atoms with E-state index in [9.17, 15) is 9.59 Å². The van der Waals surface area contributed by atoms with Gasteiger partial charge in [0.25, 0.3) is 5.91 Å². The summed E-state index contributed by atoms with van der Waals surface area (Å²) in [4.78, 5) is 29.0. The van der Waals surface area contributed by atoms with Gasteiger partial charge in [-0.3, -0.25) is 20.4 Å². The fraction of sp³-hybridized carbons (Fsp3) is 0.350. The summed E-state index contributed by atoms with van der Waals surface area (Å²) in [6.07, 6.45) is 2.12. The fourth-order valence-corrected chi connectivity index (χ4v) is 3.30. The molecule has 1 aromatic carbocycles. The Balaban J connectivity index is 1.64. The Labute approximate surface area is 147 Å². The molecule has 2 N–H and O–H groups in total. The molecule has 1 fully saturated rings. The van der Waals surface area contributed by atoms with Crippen molar-refractivity contribution in [3.63, 3.8) is 0 Å². The second-order valence-electron chi connectivity index (χ2n) is 7.40. The van der Waals surface area contributed by atoms with E-state index < -0.39 is 5.91 Å². The van der Waals surface area contributed by atoms with Gasteiger partial charge in [-0.2, -0.15) is 0 Å². The maximum atomic E-state index is 12.4. The third-order valence-electron chi connectivity index (χ3n) is 4.84. The molecule has 0 saturated heterocycles. The molecule has 1 heterocycles. The van der Waals surface area contributed by atoms with Gasteiger partial charge in [0.15, 0.2) is 0 Å². The van der Waals surface area contributed by atoms with Crippen LogP contribution in [0.5, 0.6) is 0 Å². The van der Waals surface area contributed by atoms with Crippen molar-refractivity contribution in [2.75, 3.05) is 0 Å². The summed E-state index contributed by atoms with van der Waals surface area (Å²) < 4.78 is 0. The summed E-state index contributed by atoms with van der Waals surface area (Å²) in [5.74, 6) is -0.515. The average molecular weight is 337 g/mol. The molecular formula is C20H23N3O2. The molecule has 3 rings (SSSR count). The quantitative estimate of drug-likeness (QED) is 0.667. The highest BCUT2D eigenvalue weighted by Gasteiger charge is 2.60. The molecule has 2 atom stereocenters. The summed E-state index contributed by atoms with van der Waals surface area (Å²) in [5, 5.41) is 0.965. The van der Waals surface area contributed by atoms with Gasteiger partial charge >= 0.3 is 0 Å². The van der Waals surface area contributed by atoms with Crippen LogP contribution < -0.4 is 10.9 Å². The summed E-state index contributed by atoms with van der Waals surface area (Å²) in [7, 11) is 0. The molecule has 0 bridgehead atoms. The number of benzene rings is 1. The van der Waals surface area contributed by atoms with E-state index in [1.54, 1.807) is 6.07 Å². The number of nitrogens with zero attached hydrogens (tertiary/aromatic N) is 1. The van der Waals surface area contributed by atoms with Gasteiger partial charge in [0.1, 0.15) is 5.69 Å². The number of hydrazine groups is 1. The number of aromatic nitrogens is 1. The lowest BCUT2D eigenvalue weighted by molar-refractivity contribution is -0.123. The van der Waals surface area contributed by atoms with E-state index in [2.05, 4.69) is 35.8 Å². The SMILES string of the molecule is CC(C)=C[C@@H]1[C@H](C(=O)NNC(=O)c2ccc3ccccc3n2)C1(C)C. The zero-order valence-corrected chi connectivity index (χ0v) is 15.0. The maximum Gasteiger partial charge on any atom is 0.288 e. The number of carbonyl (C=O) groups is 2. The Kier molecular flexibility index (Phi) is 4.33. The van der Waals surface area contributed by atoms with Gasteiger partial charge in [-0.15, -0.1) is 0 Å². The zero-order valence-electron chi connectivity index (χ0n) is 15.0. The van der Waals surface area contributed by atoms with Gasteiger partial charge in [-0.1, -0.05) is 49.8 Å². The average Bonchev–Trinajstić information content (AvgIpc) is 3.11. The molecular weight excluding hydrogens is 314 g/mol. The molecule has 1 aliphatic rings. The Morgan fingerprint density at radius 3 is 2.52 bits per heavy atom. The number of fused-ring (bicyclic) bond motifs is 1. The van der Waals surface area contributed by atoms with Gasteiger partial charge in [0, 0.05) is 5.39 Å². The third-order valence-corrected chi connectivity index (χ3v) is 4.84. The Morgan fingerprint density at radius 2 is 1.80 bits per heavy atom. The van der Waals surface area contributed by atoms with Crippen LogP contribution in [0.15, 0.2) is 48.0 Å². The summed E-state index contributed by atoms with van der Waals surface area (Å²) in [6.45, 7) is 8.18. The maximum absolute atomic E-state index is 12.4. The van der Waals surface area contributed by atoms with Crippen LogP contribution in [-0.2, 0) is 4.79 Å². The first kappa shape index (κ1) is 17.1. The minimum absolute atomic E-state index is 0.0900. The lowest BCUT2D eigenvalue weighted by Gasteiger charge is -2.08. The molecule has 1 aliphatic carbocycles. The highest BCUT2D eigenvalue weighted by atomic mass is 16.2.